The van der Waals surface area contributed by atoms with Crippen molar-refractivity contribution in [3.8, 4) is 0 Å². The summed E-state index contributed by atoms with van der Waals surface area (Å²) in [4.78, 5) is 0.208. The third-order valence-electron chi connectivity index (χ3n) is 0.398. The van der Waals surface area contributed by atoms with Gasteiger partial charge in [-0.25, -0.2) is 5.43 Å². The van der Waals surface area contributed by atoms with Gasteiger partial charge >= 0.3 is 0 Å². The van der Waals surface area contributed by atoms with Crippen LogP contribution in [0.3, 0.4) is 0 Å². The number of nitrogens with two attached hydrogens (primary N) is 1. The first kappa shape index (κ1) is 6.00. The minimum Gasteiger partial charge on any atom is -0.673 e. The van der Waals surface area contributed by atoms with Crippen LogP contribution in [0, 0.1) is 5.21 Å². The molecule has 7 heavy (non-hydrogen) atoms. The minimum atomic E-state index is 0.208. The molecular formula is C2H8N4O. The second-order valence-electron chi connectivity index (χ2n) is 0.900. The van der Waals surface area contributed by atoms with Crippen molar-refractivity contribution in [3.63, 3.8) is 0 Å². The molecule has 0 aliphatic carbocycles. The molecule has 0 saturated carbocycles. The summed E-state index contributed by atoms with van der Waals surface area (Å²) in [5, 5.41) is 12.7. The quantitative estimate of drug-likeness (QED) is 0.211. The van der Waals surface area contributed by atoms with Crippen LogP contribution in [0.5, 0.6) is 0 Å². The van der Waals surface area contributed by atoms with Crippen molar-refractivity contribution in [1.82, 2.24) is 5.43 Å². The van der Waals surface area contributed by atoms with Crippen molar-refractivity contribution in [1.29, 1.82) is 0 Å². The summed E-state index contributed by atoms with van der Waals surface area (Å²) in [5.74, 6) is 4.53. The summed E-state index contributed by atoms with van der Waals surface area (Å²) in [6.07, 6.45) is 0. The number of nitrogens with one attached hydrogen (secondary N) is 1. The smallest absolute Gasteiger partial charge is 0.105 e. The summed E-state index contributed by atoms with van der Waals surface area (Å²) in [7, 11) is 0. The number of hydrogen-bond acceptors (Lipinski definition) is 2. The van der Waals surface area contributed by atoms with Crippen LogP contribution in [-0.4, -0.2) is 11.5 Å². The lowest BCUT2D eigenvalue weighted by atomic mass is 10.8. The zero-order valence-electron chi connectivity index (χ0n) is 4.09. The van der Waals surface area contributed by atoms with E-state index in [4.69, 9.17) is 0 Å². The summed E-state index contributed by atoms with van der Waals surface area (Å²) >= 11 is 0. The van der Waals surface area contributed by atoms with Gasteiger partial charge in [0.25, 0.3) is 0 Å². The van der Waals surface area contributed by atoms with Gasteiger partial charge in [-0.15, -0.1) is 0 Å². The van der Waals surface area contributed by atoms with Gasteiger partial charge in [0.1, 0.15) is 5.22 Å². The maximum atomic E-state index is 9.93. The molecule has 0 atom stereocenters. The van der Waals surface area contributed by atoms with E-state index in [1.807, 2.05) is 0 Å². The van der Waals surface area contributed by atoms with Crippen LogP contribution < -0.4 is 11.3 Å². The Labute approximate surface area is 41.3 Å². The van der Waals surface area contributed by atoms with Crippen LogP contribution in [0.4, 0.5) is 0 Å². The molecule has 0 aromatic carbocycles. The Morgan fingerprint density at radius 2 is 2.57 bits per heavy atom. The van der Waals surface area contributed by atoms with Gasteiger partial charge in [-0.2, -0.15) is 5.84 Å². The molecule has 0 spiro atoms. The first-order valence-electron chi connectivity index (χ1n) is 1.93. The number of nitrogens with zero attached hydrogens (tertiary/aromatic N) is 2. The standard InChI is InChI=1S/C2H8N4O/c1-2-4-6(7)5-3/h2-3H2,1H3,(H,4,5). The molecule has 0 rings (SSSR count). The predicted molar refractivity (Wildman–Crippen MR) is 23.9 cm³/mol. The lowest BCUT2D eigenvalue weighted by Gasteiger charge is -2.01. The molecule has 3 N–H and O–H groups in total. The molecule has 0 unspecified atom stereocenters. The highest BCUT2D eigenvalue weighted by atomic mass is 16.5. The average molecular weight is 104 g/mol. The molecule has 0 aliphatic heterocycles. The fourth-order valence-electron chi connectivity index (χ4n) is 0.176. The van der Waals surface area contributed by atoms with Gasteiger partial charge in [0.2, 0.25) is 0 Å². The Balaban J connectivity index is 3.17. The molecule has 0 radical (unpaired) electrons. The molecule has 5 heteroatoms. The third-order valence-corrected chi connectivity index (χ3v) is 0.398. The highest BCUT2D eigenvalue weighted by Crippen LogP contribution is 1.57. The lowest BCUT2D eigenvalue weighted by Crippen LogP contribution is -2.22. The molecule has 0 heterocycles. The normalized spacial score (nSPS) is 11.3. The minimum absolute atomic E-state index is 0.208. The maximum absolute atomic E-state index is 9.93. The molecule has 5 nitrogen and oxygen atoms in total. The molecule has 0 aromatic rings. The van der Waals surface area contributed by atoms with Crippen molar-refractivity contribution in [3.05, 3.63) is 5.21 Å². The molecule has 42 valence electrons. The number of hydrogen-bond donors (Lipinski definition) is 2. The van der Waals surface area contributed by atoms with Crippen LogP contribution in [0.1, 0.15) is 6.92 Å². The number of rotatable bonds is 2. The topological polar surface area (TPSA) is 76.5 Å². The van der Waals surface area contributed by atoms with Gasteiger partial charge in [-0.1, -0.05) is 4.97 Å². The molecule has 0 aromatic heterocycles. The van der Waals surface area contributed by atoms with Crippen LogP contribution in [0.15, 0.2) is 5.22 Å². The molecule has 0 amide bonds. The van der Waals surface area contributed by atoms with Crippen LogP contribution in [0.2, 0.25) is 0 Å². The zero-order valence-corrected chi connectivity index (χ0v) is 4.09. The van der Waals surface area contributed by atoms with E-state index in [2.05, 4.69) is 16.5 Å². The van der Waals surface area contributed by atoms with Gasteiger partial charge in [-0.05, 0) is 6.92 Å². The van der Waals surface area contributed by atoms with Crippen LogP contribution in [0.25, 0.3) is 0 Å². The molecule has 0 bridgehead atoms. The van der Waals surface area contributed by atoms with E-state index < -0.39 is 0 Å². The highest BCUT2D eigenvalue weighted by molar-refractivity contribution is 4.09. The number of hydrazine groups is 1. The van der Waals surface area contributed by atoms with Gasteiger partial charge in [-0.3, -0.25) is 0 Å². The Morgan fingerprint density at radius 1 is 2.00 bits per heavy atom. The van der Waals surface area contributed by atoms with Crippen LogP contribution >= 0.6 is 0 Å². The lowest BCUT2D eigenvalue weighted by molar-refractivity contribution is -0.590. The van der Waals surface area contributed by atoms with Crippen molar-refractivity contribution in [2.75, 3.05) is 6.54 Å². The average Bonchev–Trinajstić information content (AvgIpc) is 1.68. The Bertz CT molecular complexity index is 70.1. The van der Waals surface area contributed by atoms with E-state index in [1.54, 1.807) is 6.92 Å². The molecule has 0 aliphatic rings. The first-order valence-corrected chi connectivity index (χ1v) is 1.93. The molecule has 0 fully saturated rings. The van der Waals surface area contributed by atoms with E-state index in [1.165, 1.54) is 0 Å². The summed E-state index contributed by atoms with van der Waals surface area (Å²) in [6, 6.07) is 0. The Kier molecular flexibility index (Phi) is 2.74. The van der Waals surface area contributed by atoms with Crippen molar-refractivity contribution < 1.29 is 4.97 Å². The van der Waals surface area contributed by atoms with Crippen molar-refractivity contribution in [2.45, 2.75) is 6.92 Å². The van der Waals surface area contributed by atoms with Crippen LogP contribution in [-0.2, 0) is 0 Å². The Morgan fingerprint density at radius 3 is 2.71 bits per heavy atom. The summed E-state index contributed by atoms with van der Waals surface area (Å²) < 4.78 is 0. The van der Waals surface area contributed by atoms with E-state index in [0.29, 0.717) is 6.54 Å². The van der Waals surface area contributed by atoms with Gasteiger partial charge in [0.05, 0.1) is 0 Å². The Hall–Kier alpha value is -1.00. The monoisotopic (exact) mass is 104 g/mol. The van der Waals surface area contributed by atoms with E-state index in [0.717, 1.165) is 0 Å². The van der Waals surface area contributed by atoms with E-state index >= 15 is 0 Å². The first-order chi connectivity index (χ1) is 3.31. The fraction of sp³-hybridized carbons (Fsp3) is 1.00. The third kappa shape index (κ3) is 2.81. The maximum Gasteiger partial charge on any atom is 0.105 e. The zero-order chi connectivity index (χ0) is 5.70. The molecule has 0 saturated heterocycles. The van der Waals surface area contributed by atoms with Gasteiger partial charge in [0.15, 0.2) is 0 Å². The van der Waals surface area contributed by atoms with Gasteiger partial charge < -0.3 is 5.21 Å². The largest absolute Gasteiger partial charge is 0.673 e. The second kappa shape index (κ2) is 3.20. The second-order valence-corrected chi connectivity index (χ2v) is 0.900. The predicted octanol–water partition coefficient (Wildman–Crippen LogP) is -0.653. The molecular weight excluding hydrogens is 96.0 g/mol. The SMILES string of the molecule is CCN[N+]([O-])=NN. The van der Waals surface area contributed by atoms with Crippen molar-refractivity contribution in [2.24, 2.45) is 11.1 Å². The summed E-state index contributed by atoms with van der Waals surface area (Å²) in [6.45, 7) is 2.31. The van der Waals surface area contributed by atoms with Gasteiger partial charge in [0, 0.05) is 6.54 Å². The summed E-state index contributed by atoms with van der Waals surface area (Å²) in [5.41, 5.74) is 2.28. The van der Waals surface area contributed by atoms with E-state index in [9.17, 15) is 5.21 Å². The highest BCUT2D eigenvalue weighted by Gasteiger charge is 1.74. The fourth-order valence-corrected chi connectivity index (χ4v) is 0.176. The van der Waals surface area contributed by atoms with Crippen molar-refractivity contribution >= 4 is 0 Å². The van der Waals surface area contributed by atoms with E-state index in [-0.39, 0.29) is 4.97 Å².